The fourth-order valence-electron chi connectivity index (χ4n) is 3.20. The van der Waals surface area contributed by atoms with Gasteiger partial charge in [0.05, 0.1) is 0 Å². The van der Waals surface area contributed by atoms with Crippen LogP contribution in [-0.2, 0) is 33.8 Å². The van der Waals surface area contributed by atoms with E-state index in [2.05, 4.69) is 15.6 Å². The number of pyridine rings is 1. The highest BCUT2D eigenvalue weighted by Crippen LogP contribution is 2.09. The summed E-state index contributed by atoms with van der Waals surface area (Å²) in [6, 6.07) is 19.1. The summed E-state index contributed by atoms with van der Waals surface area (Å²) < 4.78 is 5.24. The summed E-state index contributed by atoms with van der Waals surface area (Å²) >= 11 is 5.78. The average molecular weight is 482 g/mol. The maximum Gasteiger partial charge on any atom is 0.408 e. The number of nitrogens with zero attached hydrogens (tertiary/aromatic N) is 1. The number of halogens is 1. The van der Waals surface area contributed by atoms with Gasteiger partial charge in [0.2, 0.25) is 5.91 Å². The van der Waals surface area contributed by atoms with E-state index in [9.17, 15) is 19.5 Å². The molecule has 8 nitrogen and oxygen atoms in total. The fraction of sp³-hybridized carbons (Fsp3) is 0.200. The van der Waals surface area contributed by atoms with Crippen LogP contribution in [0.25, 0.3) is 0 Å². The molecule has 3 N–H and O–H groups in total. The summed E-state index contributed by atoms with van der Waals surface area (Å²) in [6.45, 7) is 0.0354. The predicted molar refractivity (Wildman–Crippen MR) is 126 cm³/mol. The maximum atomic E-state index is 13.0. The Labute approximate surface area is 201 Å². The third-order valence-corrected chi connectivity index (χ3v) is 5.17. The quantitative estimate of drug-likeness (QED) is 0.382. The van der Waals surface area contributed by atoms with Crippen molar-refractivity contribution in [1.29, 1.82) is 0 Å². The molecule has 2 aromatic carbocycles. The van der Waals surface area contributed by atoms with E-state index in [1.54, 1.807) is 12.1 Å². The maximum absolute atomic E-state index is 13.0. The number of alkyl carbamates (subject to hydrolysis) is 1. The first-order chi connectivity index (χ1) is 16.4. The minimum absolute atomic E-state index is 0.00174. The molecule has 0 aliphatic rings. The topological polar surface area (TPSA) is 118 Å². The fourth-order valence-corrected chi connectivity index (χ4v) is 3.31. The second kappa shape index (κ2) is 12.4. The van der Waals surface area contributed by atoms with Crippen LogP contribution in [0.4, 0.5) is 4.79 Å². The van der Waals surface area contributed by atoms with Gasteiger partial charge in [-0.05, 0) is 22.8 Å². The smallest absolute Gasteiger partial charge is 0.408 e. The van der Waals surface area contributed by atoms with Gasteiger partial charge in [0.15, 0.2) is 0 Å². The first-order valence-electron chi connectivity index (χ1n) is 10.6. The van der Waals surface area contributed by atoms with Crippen molar-refractivity contribution in [3.05, 3.63) is 101 Å². The Bertz CT molecular complexity index is 1090. The molecule has 0 bridgehead atoms. The van der Waals surface area contributed by atoms with Gasteiger partial charge in [0, 0.05) is 19.0 Å². The number of carbonyl (C=O) groups excluding carboxylic acids is 2. The summed E-state index contributed by atoms with van der Waals surface area (Å²) in [4.78, 5) is 41.2. The Hall–Kier alpha value is -3.91. The first kappa shape index (κ1) is 24.7. The van der Waals surface area contributed by atoms with Crippen LogP contribution in [0.5, 0.6) is 0 Å². The van der Waals surface area contributed by atoms with Crippen LogP contribution in [0.3, 0.4) is 0 Å². The number of aliphatic carboxylic acids is 1. The van der Waals surface area contributed by atoms with Crippen LogP contribution in [0.15, 0.2) is 79.0 Å². The Kier molecular flexibility index (Phi) is 8.99. The van der Waals surface area contributed by atoms with Crippen LogP contribution in [0, 0.1) is 0 Å². The minimum Gasteiger partial charge on any atom is -0.480 e. The van der Waals surface area contributed by atoms with Crippen LogP contribution in [0.2, 0.25) is 5.15 Å². The van der Waals surface area contributed by atoms with E-state index in [4.69, 9.17) is 16.3 Å². The number of carbonyl (C=O) groups is 3. The lowest BCUT2D eigenvalue weighted by Crippen LogP contribution is -2.53. The molecule has 176 valence electrons. The zero-order valence-corrected chi connectivity index (χ0v) is 18.9. The van der Waals surface area contributed by atoms with Gasteiger partial charge < -0.3 is 20.5 Å². The number of hydrogen-bond acceptors (Lipinski definition) is 5. The molecule has 0 aliphatic carbocycles. The summed E-state index contributed by atoms with van der Waals surface area (Å²) in [5.41, 5.74) is 2.18. The Balaban J connectivity index is 1.68. The molecule has 1 aromatic heterocycles. The number of carboxylic acids is 1. The van der Waals surface area contributed by atoms with E-state index in [1.165, 1.54) is 6.20 Å². The van der Waals surface area contributed by atoms with Gasteiger partial charge >= 0.3 is 12.1 Å². The summed E-state index contributed by atoms with van der Waals surface area (Å²) in [5.74, 6) is -1.86. The lowest BCUT2D eigenvalue weighted by molar-refractivity contribution is -0.142. The minimum atomic E-state index is -1.23. The number of aromatic nitrogens is 1. The average Bonchev–Trinajstić information content (AvgIpc) is 2.84. The van der Waals surface area contributed by atoms with E-state index in [-0.39, 0.29) is 24.6 Å². The molecule has 1 heterocycles. The first-order valence-corrected chi connectivity index (χ1v) is 10.9. The van der Waals surface area contributed by atoms with Crippen LogP contribution in [-0.4, -0.2) is 40.1 Å². The molecule has 0 fully saturated rings. The molecule has 2 atom stereocenters. The van der Waals surface area contributed by atoms with Crippen LogP contribution in [0.1, 0.15) is 16.7 Å². The molecule has 3 rings (SSSR count). The molecule has 0 spiro atoms. The summed E-state index contributed by atoms with van der Waals surface area (Å²) in [6.07, 6.45) is 0.822. The van der Waals surface area contributed by atoms with E-state index >= 15 is 0 Å². The second-order valence-corrected chi connectivity index (χ2v) is 7.93. The molecule has 0 unspecified atom stereocenters. The molecule has 0 radical (unpaired) electrons. The second-order valence-electron chi connectivity index (χ2n) is 7.54. The predicted octanol–water partition coefficient (Wildman–Crippen LogP) is 3.38. The standard InChI is InChI=1S/C25H24ClN3O5/c26-22-12-11-19(15-27-22)14-21(24(31)32)28-23(30)20(13-17-7-3-1-4-8-17)29-25(33)34-16-18-9-5-2-6-10-18/h1-12,15,20-21H,13-14,16H2,(H,28,30)(H,29,33)(H,31,32)/t20-,21+/m1/s1. The van der Waals surface area contributed by atoms with E-state index < -0.39 is 30.1 Å². The number of nitrogens with one attached hydrogen (secondary N) is 2. The molecule has 0 saturated carbocycles. The van der Waals surface area contributed by atoms with E-state index in [0.29, 0.717) is 5.56 Å². The summed E-state index contributed by atoms with van der Waals surface area (Å²) in [7, 11) is 0. The summed E-state index contributed by atoms with van der Waals surface area (Å²) in [5, 5.41) is 15.0. The Morgan fingerprint density at radius 1 is 0.824 bits per heavy atom. The highest BCUT2D eigenvalue weighted by atomic mass is 35.5. The van der Waals surface area contributed by atoms with Gasteiger partial charge in [0.25, 0.3) is 0 Å². The van der Waals surface area contributed by atoms with Gasteiger partial charge in [-0.1, -0.05) is 78.3 Å². The molecule has 9 heteroatoms. The van der Waals surface area contributed by atoms with E-state index in [0.717, 1.165) is 11.1 Å². The van der Waals surface area contributed by atoms with Crippen molar-refractivity contribution in [3.63, 3.8) is 0 Å². The lowest BCUT2D eigenvalue weighted by atomic mass is 10.0. The van der Waals surface area contributed by atoms with Gasteiger partial charge in [0.1, 0.15) is 23.8 Å². The van der Waals surface area contributed by atoms with Crippen molar-refractivity contribution < 1.29 is 24.2 Å². The SMILES string of the molecule is O=C(N[C@H](Cc1ccccc1)C(=O)N[C@@H](Cc1ccc(Cl)nc1)C(=O)O)OCc1ccccc1. The molecular formula is C25H24ClN3O5. The van der Waals surface area contributed by atoms with Crippen molar-refractivity contribution in [2.24, 2.45) is 0 Å². The van der Waals surface area contributed by atoms with Crippen molar-refractivity contribution in [3.8, 4) is 0 Å². The molecule has 2 amide bonds. The third kappa shape index (κ3) is 7.90. The normalized spacial score (nSPS) is 12.3. The zero-order chi connectivity index (χ0) is 24.3. The monoisotopic (exact) mass is 481 g/mol. The van der Waals surface area contributed by atoms with Crippen LogP contribution >= 0.6 is 11.6 Å². The number of carboxylic acid groups (broad SMARTS) is 1. The molecule has 34 heavy (non-hydrogen) atoms. The molecule has 3 aromatic rings. The number of rotatable bonds is 10. The number of benzene rings is 2. The van der Waals surface area contributed by atoms with Crippen molar-refractivity contribution in [2.45, 2.75) is 31.5 Å². The Morgan fingerprint density at radius 3 is 2.03 bits per heavy atom. The molecule has 0 aliphatic heterocycles. The van der Waals surface area contributed by atoms with Crippen molar-refractivity contribution in [1.82, 2.24) is 15.6 Å². The number of amides is 2. The van der Waals surface area contributed by atoms with Crippen molar-refractivity contribution in [2.75, 3.05) is 0 Å². The van der Waals surface area contributed by atoms with Crippen LogP contribution < -0.4 is 10.6 Å². The third-order valence-electron chi connectivity index (χ3n) is 4.95. The Morgan fingerprint density at radius 2 is 1.44 bits per heavy atom. The highest BCUT2D eigenvalue weighted by molar-refractivity contribution is 6.29. The lowest BCUT2D eigenvalue weighted by Gasteiger charge is -2.21. The number of ether oxygens (including phenoxy) is 1. The van der Waals surface area contributed by atoms with Crippen molar-refractivity contribution >= 4 is 29.6 Å². The van der Waals surface area contributed by atoms with Gasteiger partial charge in [-0.2, -0.15) is 0 Å². The van der Waals surface area contributed by atoms with Gasteiger partial charge in [-0.25, -0.2) is 14.6 Å². The largest absolute Gasteiger partial charge is 0.480 e. The van der Waals surface area contributed by atoms with Gasteiger partial charge in [-0.15, -0.1) is 0 Å². The zero-order valence-electron chi connectivity index (χ0n) is 18.2. The molecular weight excluding hydrogens is 458 g/mol. The van der Waals surface area contributed by atoms with Gasteiger partial charge in [-0.3, -0.25) is 4.79 Å². The highest BCUT2D eigenvalue weighted by Gasteiger charge is 2.27. The number of hydrogen-bond donors (Lipinski definition) is 3. The van der Waals surface area contributed by atoms with E-state index in [1.807, 2.05) is 60.7 Å². The molecule has 0 saturated heterocycles.